The average Bonchev–Trinajstić information content (AvgIpc) is 3.43. The molecule has 0 unspecified atom stereocenters. The number of carbonyl (C=O) groups is 1. The van der Waals surface area contributed by atoms with Crippen molar-refractivity contribution in [1.82, 2.24) is 19.4 Å². The number of nitrogens with zero attached hydrogens (tertiary/aromatic N) is 3. The van der Waals surface area contributed by atoms with Crippen LogP contribution in [0.25, 0.3) is 21.3 Å². The van der Waals surface area contributed by atoms with E-state index in [1.54, 1.807) is 11.3 Å². The Labute approximate surface area is 172 Å². The molecule has 5 nitrogen and oxygen atoms in total. The quantitative estimate of drug-likeness (QED) is 0.470. The molecule has 6 heteroatoms. The first-order valence-corrected chi connectivity index (χ1v) is 10.4. The summed E-state index contributed by atoms with van der Waals surface area (Å²) < 4.78 is 5.23. The number of benzene rings is 2. The van der Waals surface area contributed by atoms with Crippen LogP contribution in [0.4, 0.5) is 0 Å². The molecule has 5 rings (SSSR count). The number of fused-ring (bicyclic) bond motifs is 2. The van der Waals surface area contributed by atoms with Crippen LogP contribution in [0.5, 0.6) is 0 Å². The molecule has 2 aromatic carbocycles. The number of imidazole rings is 1. The molecule has 1 amide bonds. The monoisotopic (exact) mass is 400 g/mol. The number of amides is 1. The van der Waals surface area contributed by atoms with Gasteiger partial charge in [-0.25, -0.2) is 4.98 Å². The second-order valence-corrected chi connectivity index (χ2v) is 7.98. The second kappa shape index (κ2) is 7.22. The molecule has 0 saturated heterocycles. The van der Waals surface area contributed by atoms with E-state index in [-0.39, 0.29) is 5.91 Å². The van der Waals surface area contributed by atoms with Crippen molar-refractivity contribution in [2.24, 2.45) is 7.05 Å². The predicted octanol–water partition coefficient (Wildman–Crippen LogP) is 4.57. The van der Waals surface area contributed by atoms with Gasteiger partial charge in [-0.05, 0) is 35.2 Å². The lowest BCUT2D eigenvalue weighted by Gasteiger charge is -2.11. The van der Waals surface area contributed by atoms with Gasteiger partial charge in [-0.15, -0.1) is 11.3 Å². The highest BCUT2D eigenvalue weighted by molar-refractivity contribution is 7.17. The van der Waals surface area contributed by atoms with Crippen molar-refractivity contribution in [3.63, 3.8) is 0 Å². The van der Waals surface area contributed by atoms with Crippen LogP contribution in [0, 0.1) is 0 Å². The molecular weight excluding hydrogens is 380 g/mol. The fraction of sp³-hybridized carbons (Fsp3) is 0.130. The van der Waals surface area contributed by atoms with Crippen molar-refractivity contribution in [2.75, 3.05) is 0 Å². The minimum atomic E-state index is -0.0887. The summed E-state index contributed by atoms with van der Waals surface area (Å²) in [6.45, 7) is 1.09. The lowest BCUT2D eigenvalue weighted by molar-refractivity contribution is 0.0942. The Bertz CT molecular complexity index is 1310. The summed E-state index contributed by atoms with van der Waals surface area (Å²) in [6.07, 6.45) is 0. The summed E-state index contributed by atoms with van der Waals surface area (Å²) in [6, 6.07) is 22.4. The predicted molar refractivity (Wildman–Crippen MR) is 117 cm³/mol. The van der Waals surface area contributed by atoms with E-state index in [4.69, 9.17) is 4.98 Å². The smallest absolute Gasteiger partial charge is 0.268 e. The van der Waals surface area contributed by atoms with E-state index in [2.05, 4.69) is 28.1 Å². The summed E-state index contributed by atoms with van der Waals surface area (Å²) in [5, 5.41) is 5.10. The molecule has 0 aliphatic carbocycles. The highest BCUT2D eigenvalue weighted by Gasteiger charge is 2.16. The number of thiophene rings is 1. The minimum Gasteiger partial charge on any atom is -0.344 e. The molecule has 3 heterocycles. The van der Waals surface area contributed by atoms with Crippen molar-refractivity contribution in [3.05, 3.63) is 89.2 Å². The van der Waals surface area contributed by atoms with E-state index in [1.807, 2.05) is 65.5 Å². The Balaban J connectivity index is 1.44. The van der Waals surface area contributed by atoms with E-state index in [0.29, 0.717) is 18.8 Å². The third-order valence-electron chi connectivity index (χ3n) is 5.22. The van der Waals surface area contributed by atoms with E-state index < -0.39 is 0 Å². The third kappa shape index (κ3) is 3.21. The van der Waals surface area contributed by atoms with Crippen LogP contribution in [-0.4, -0.2) is 20.0 Å². The summed E-state index contributed by atoms with van der Waals surface area (Å²) in [5.74, 6) is 0.758. The van der Waals surface area contributed by atoms with Gasteiger partial charge in [-0.2, -0.15) is 0 Å². The van der Waals surface area contributed by atoms with E-state index >= 15 is 0 Å². The lowest BCUT2D eigenvalue weighted by Crippen LogP contribution is -2.26. The zero-order valence-corrected chi connectivity index (χ0v) is 16.8. The van der Waals surface area contributed by atoms with Crippen LogP contribution in [0.2, 0.25) is 0 Å². The van der Waals surface area contributed by atoms with Crippen molar-refractivity contribution in [2.45, 2.75) is 13.1 Å². The van der Waals surface area contributed by atoms with Gasteiger partial charge < -0.3 is 14.5 Å². The Morgan fingerprint density at radius 3 is 2.66 bits per heavy atom. The number of carbonyl (C=O) groups excluding carboxylic acids is 1. The number of aromatic nitrogens is 3. The first kappa shape index (κ1) is 17.7. The fourth-order valence-electron chi connectivity index (χ4n) is 3.72. The van der Waals surface area contributed by atoms with Gasteiger partial charge in [0.2, 0.25) is 0 Å². The molecule has 3 aromatic heterocycles. The van der Waals surface area contributed by atoms with Gasteiger partial charge in [0.25, 0.3) is 5.91 Å². The number of para-hydroxylation sites is 2. The number of aryl methyl sites for hydroxylation is 1. The van der Waals surface area contributed by atoms with Crippen LogP contribution in [0.15, 0.2) is 72.1 Å². The van der Waals surface area contributed by atoms with Gasteiger partial charge in [-0.3, -0.25) is 4.79 Å². The molecule has 29 heavy (non-hydrogen) atoms. The normalized spacial score (nSPS) is 11.3. The fourth-order valence-corrected chi connectivity index (χ4v) is 4.57. The van der Waals surface area contributed by atoms with Gasteiger partial charge in [-0.1, -0.05) is 42.5 Å². The SMILES string of the molecule is Cn1c(C(=O)NCc2nc3ccccc3n2Cc2ccccc2)cc2sccc21. The minimum absolute atomic E-state index is 0.0887. The molecule has 0 atom stereocenters. The molecule has 0 fully saturated rings. The highest BCUT2D eigenvalue weighted by atomic mass is 32.1. The molecule has 5 aromatic rings. The highest BCUT2D eigenvalue weighted by Crippen LogP contribution is 2.24. The van der Waals surface area contributed by atoms with Crippen LogP contribution >= 0.6 is 11.3 Å². The maximum atomic E-state index is 12.8. The van der Waals surface area contributed by atoms with Gasteiger partial charge in [0.05, 0.1) is 27.8 Å². The number of nitrogens with one attached hydrogen (secondary N) is 1. The van der Waals surface area contributed by atoms with Gasteiger partial charge in [0, 0.05) is 13.6 Å². The summed E-state index contributed by atoms with van der Waals surface area (Å²) in [7, 11) is 1.93. The molecule has 0 spiro atoms. The molecule has 0 bridgehead atoms. The number of hydrogen-bond acceptors (Lipinski definition) is 3. The number of hydrogen-bond donors (Lipinski definition) is 1. The molecule has 0 radical (unpaired) electrons. The van der Waals surface area contributed by atoms with Crippen molar-refractivity contribution in [1.29, 1.82) is 0 Å². The maximum absolute atomic E-state index is 12.8. The first-order chi connectivity index (χ1) is 14.2. The molecule has 0 saturated carbocycles. The van der Waals surface area contributed by atoms with E-state index in [1.165, 1.54) is 5.56 Å². The number of rotatable bonds is 5. The standard InChI is InChI=1S/C23H20N4OS/c1-26-19-11-12-29-21(19)13-20(26)23(28)24-14-22-25-17-9-5-6-10-18(17)27(22)15-16-7-3-2-4-8-16/h2-13H,14-15H2,1H3,(H,24,28). The van der Waals surface area contributed by atoms with E-state index in [9.17, 15) is 4.79 Å². The Morgan fingerprint density at radius 2 is 1.83 bits per heavy atom. The van der Waals surface area contributed by atoms with E-state index in [0.717, 1.165) is 27.1 Å². The van der Waals surface area contributed by atoms with Gasteiger partial charge >= 0.3 is 0 Å². The van der Waals surface area contributed by atoms with Crippen LogP contribution in [0.1, 0.15) is 21.9 Å². The van der Waals surface area contributed by atoms with Gasteiger partial charge in [0.15, 0.2) is 0 Å². The largest absolute Gasteiger partial charge is 0.344 e. The van der Waals surface area contributed by atoms with Crippen LogP contribution in [-0.2, 0) is 20.1 Å². The molecule has 0 aliphatic heterocycles. The van der Waals surface area contributed by atoms with Crippen LogP contribution in [0.3, 0.4) is 0 Å². The zero-order chi connectivity index (χ0) is 19.8. The zero-order valence-electron chi connectivity index (χ0n) is 16.0. The summed E-state index contributed by atoms with van der Waals surface area (Å²) in [4.78, 5) is 17.6. The van der Waals surface area contributed by atoms with Crippen molar-refractivity contribution in [3.8, 4) is 0 Å². The molecule has 144 valence electrons. The Morgan fingerprint density at radius 1 is 1.03 bits per heavy atom. The summed E-state index contributed by atoms with van der Waals surface area (Å²) >= 11 is 1.64. The Hall–Kier alpha value is -3.38. The van der Waals surface area contributed by atoms with Crippen molar-refractivity contribution < 1.29 is 4.79 Å². The average molecular weight is 401 g/mol. The molecule has 0 aliphatic rings. The lowest BCUT2D eigenvalue weighted by atomic mass is 10.2. The van der Waals surface area contributed by atoms with Crippen molar-refractivity contribution >= 4 is 38.5 Å². The molecule has 1 N–H and O–H groups in total. The maximum Gasteiger partial charge on any atom is 0.268 e. The second-order valence-electron chi connectivity index (χ2n) is 7.03. The van der Waals surface area contributed by atoms with Gasteiger partial charge in [0.1, 0.15) is 11.5 Å². The Kier molecular flexibility index (Phi) is 4.41. The van der Waals surface area contributed by atoms with Crippen LogP contribution < -0.4 is 5.32 Å². The summed E-state index contributed by atoms with van der Waals surface area (Å²) in [5.41, 5.74) is 4.95. The first-order valence-electron chi connectivity index (χ1n) is 9.50. The third-order valence-corrected chi connectivity index (χ3v) is 6.07. The topological polar surface area (TPSA) is 51.9 Å². The molecular formula is C23H20N4OS.